The molecule has 1 N–H and O–H groups in total. The minimum absolute atomic E-state index is 0.00843. The number of hydrogen-bond donors (Lipinski definition) is 1. The summed E-state index contributed by atoms with van der Waals surface area (Å²) in [5.41, 5.74) is 2.07. The molecular weight excluding hydrogens is 430 g/mol. The first-order valence-corrected chi connectivity index (χ1v) is 11.9. The average Bonchev–Trinajstić information content (AvgIpc) is 3.52. The molecule has 3 aromatic rings. The van der Waals surface area contributed by atoms with Gasteiger partial charge in [0.05, 0.1) is 10.5 Å². The Balaban J connectivity index is 1.23. The largest absolute Gasteiger partial charge is 0.348 e. The number of pyridine rings is 1. The number of rotatable bonds is 5. The van der Waals surface area contributed by atoms with Crippen LogP contribution in [0.3, 0.4) is 0 Å². The summed E-state index contributed by atoms with van der Waals surface area (Å²) >= 11 is 0. The summed E-state index contributed by atoms with van der Waals surface area (Å²) < 4.78 is 29.5. The lowest BCUT2D eigenvalue weighted by molar-refractivity contribution is -0.130. The highest BCUT2D eigenvalue weighted by Crippen LogP contribution is 2.34. The molecule has 2 atom stereocenters. The summed E-state index contributed by atoms with van der Waals surface area (Å²) in [6, 6.07) is 9.85. The third kappa shape index (κ3) is 3.55. The molecule has 0 radical (unpaired) electrons. The van der Waals surface area contributed by atoms with E-state index in [1.807, 2.05) is 0 Å². The molecule has 0 spiro atoms. The quantitative estimate of drug-likeness (QED) is 0.626. The Bertz CT molecular complexity index is 1300. The molecule has 10 heteroatoms. The van der Waals surface area contributed by atoms with Crippen LogP contribution in [0.1, 0.15) is 29.3 Å². The second kappa shape index (κ2) is 7.72. The molecule has 2 aromatic heterocycles. The third-order valence-corrected chi connectivity index (χ3v) is 8.16. The van der Waals surface area contributed by atoms with E-state index in [9.17, 15) is 18.0 Å². The Morgan fingerprint density at radius 2 is 1.88 bits per heavy atom. The first-order chi connectivity index (χ1) is 15.3. The standard InChI is InChI=1S/C22H23N5O4S/c1-15(28)26-13-19-10-18(26)14-27(19)32(30,31)20-5-2-16(3-6-20)11-24-22(29)17-4-7-21-23-8-9-25(21)12-17/h2-9,12,18-19H,10-11,13-14H2,1H3,(H,24,29)/t18-,19-/m1/s1. The number of likely N-dealkylation sites (tertiary alicyclic amines) is 1. The number of nitrogens with one attached hydrogen (secondary N) is 1. The third-order valence-electron chi connectivity index (χ3n) is 6.23. The molecule has 5 rings (SSSR count). The van der Waals surface area contributed by atoms with E-state index >= 15 is 0 Å². The first kappa shape index (κ1) is 20.7. The van der Waals surface area contributed by atoms with Crippen molar-refractivity contribution < 1.29 is 18.0 Å². The molecule has 0 saturated carbocycles. The van der Waals surface area contributed by atoms with E-state index in [1.54, 1.807) is 64.3 Å². The number of imidazole rings is 1. The van der Waals surface area contributed by atoms with Crippen LogP contribution in [-0.4, -0.2) is 64.0 Å². The fourth-order valence-corrected chi connectivity index (χ4v) is 6.23. The lowest BCUT2D eigenvalue weighted by atomic mass is 10.2. The number of piperazine rings is 1. The van der Waals surface area contributed by atoms with E-state index in [-0.39, 0.29) is 35.3 Å². The van der Waals surface area contributed by atoms with Gasteiger partial charge in [-0.25, -0.2) is 13.4 Å². The maximum Gasteiger partial charge on any atom is 0.253 e. The fraction of sp³-hybridized carbons (Fsp3) is 0.318. The van der Waals surface area contributed by atoms with Gasteiger partial charge >= 0.3 is 0 Å². The highest BCUT2D eigenvalue weighted by molar-refractivity contribution is 7.89. The SMILES string of the molecule is CC(=O)N1C[C@H]2C[C@@H]1CN2S(=O)(=O)c1ccc(CNC(=O)c2ccc3nccn3c2)cc1. The average molecular weight is 454 g/mol. The van der Waals surface area contributed by atoms with Gasteiger partial charge in [0.2, 0.25) is 15.9 Å². The van der Waals surface area contributed by atoms with Crippen LogP contribution in [0.5, 0.6) is 0 Å². The molecule has 9 nitrogen and oxygen atoms in total. The lowest BCUT2D eigenvalue weighted by Crippen LogP contribution is -2.49. The minimum Gasteiger partial charge on any atom is -0.348 e. The van der Waals surface area contributed by atoms with Gasteiger partial charge in [-0.15, -0.1) is 0 Å². The predicted octanol–water partition coefficient (Wildman–Crippen LogP) is 1.26. The van der Waals surface area contributed by atoms with Crippen LogP contribution >= 0.6 is 0 Å². The topological polar surface area (TPSA) is 104 Å². The molecule has 2 amide bonds. The molecule has 2 aliphatic heterocycles. The number of hydrogen-bond acceptors (Lipinski definition) is 5. The van der Waals surface area contributed by atoms with Crippen molar-refractivity contribution in [2.75, 3.05) is 13.1 Å². The van der Waals surface area contributed by atoms with Gasteiger partial charge in [-0.05, 0) is 36.2 Å². The first-order valence-electron chi connectivity index (χ1n) is 10.4. The normalized spacial score (nSPS) is 20.7. The number of carbonyl (C=O) groups is 2. The van der Waals surface area contributed by atoms with Crippen LogP contribution in [0.15, 0.2) is 59.9 Å². The van der Waals surface area contributed by atoms with E-state index in [2.05, 4.69) is 10.3 Å². The maximum atomic E-state index is 13.1. The Labute approximate surface area is 185 Å². The Kier molecular flexibility index (Phi) is 4.98. The molecule has 2 aliphatic rings. The highest BCUT2D eigenvalue weighted by atomic mass is 32.2. The van der Waals surface area contributed by atoms with Crippen molar-refractivity contribution in [2.24, 2.45) is 0 Å². The molecular formula is C22H23N5O4S. The Morgan fingerprint density at radius 1 is 1.09 bits per heavy atom. The van der Waals surface area contributed by atoms with E-state index in [0.717, 1.165) is 11.2 Å². The molecule has 2 saturated heterocycles. The molecule has 4 heterocycles. The zero-order chi connectivity index (χ0) is 22.5. The summed E-state index contributed by atoms with van der Waals surface area (Å²) in [5, 5.41) is 2.85. The van der Waals surface area contributed by atoms with Crippen molar-refractivity contribution in [3.63, 3.8) is 0 Å². The van der Waals surface area contributed by atoms with Crippen molar-refractivity contribution in [3.8, 4) is 0 Å². The number of carbonyl (C=O) groups excluding carboxylic acids is 2. The number of sulfonamides is 1. The van der Waals surface area contributed by atoms with Crippen molar-refractivity contribution >= 4 is 27.5 Å². The maximum absolute atomic E-state index is 13.1. The fourth-order valence-electron chi connectivity index (χ4n) is 4.56. The van der Waals surface area contributed by atoms with Gasteiger partial charge < -0.3 is 14.6 Å². The molecule has 166 valence electrons. The predicted molar refractivity (Wildman–Crippen MR) is 116 cm³/mol. The Hall–Kier alpha value is -3.24. The molecule has 1 aromatic carbocycles. The van der Waals surface area contributed by atoms with Crippen LogP contribution in [0.2, 0.25) is 0 Å². The summed E-state index contributed by atoms with van der Waals surface area (Å²) in [7, 11) is -3.63. The van der Waals surface area contributed by atoms with Gasteiger partial charge in [-0.2, -0.15) is 4.31 Å². The van der Waals surface area contributed by atoms with Crippen LogP contribution in [-0.2, 0) is 21.4 Å². The van der Waals surface area contributed by atoms with Gasteiger partial charge in [-0.3, -0.25) is 9.59 Å². The van der Waals surface area contributed by atoms with Gasteiger partial charge in [-0.1, -0.05) is 12.1 Å². The summed E-state index contributed by atoms with van der Waals surface area (Å²) in [6.45, 7) is 2.59. The number of benzene rings is 1. The van der Waals surface area contributed by atoms with Gasteiger partial charge in [0, 0.05) is 57.2 Å². The van der Waals surface area contributed by atoms with Crippen molar-refractivity contribution in [2.45, 2.75) is 36.9 Å². The van der Waals surface area contributed by atoms with Gasteiger partial charge in [0.1, 0.15) is 5.65 Å². The molecule has 2 fully saturated rings. The Morgan fingerprint density at radius 3 is 2.56 bits per heavy atom. The van der Waals surface area contributed by atoms with Gasteiger partial charge in [0.25, 0.3) is 5.91 Å². The summed E-state index contributed by atoms with van der Waals surface area (Å²) in [6.07, 6.45) is 5.84. The van der Waals surface area contributed by atoms with Crippen molar-refractivity contribution in [1.29, 1.82) is 0 Å². The highest BCUT2D eigenvalue weighted by Gasteiger charge is 2.49. The van der Waals surface area contributed by atoms with E-state index in [0.29, 0.717) is 25.1 Å². The van der Waals surface area contributed by atoms with E-state index in [4.69, 9.17) is 0 Å². The van der Waals surface area contributed by atoms with Crippen LogP contribution < -0.4 is 5.32 Å². The minimum atomic E-state index is -3.63. The summed E-state index contributed by atoms with van der Waals surface area (Å²) in [5.74, 6) is -0.230. The van der Waals surface area contributed by atoms with Crippen LogP contribution in [0.4, 0.5) is 0 Å². The smallest absolute Gasteiger partial charge is 0.253 e. The number of aromatic nitrogens is 2. The lowest BCUT2D eigenvalue weighted by Gasteiger charge is -2.32. The molecule has 0 unspecified atom stereocenters. The molecule has 2 bridgehead atoms. The monoisotopic (exact) mass is 453 g/mol. The van der Waals surface area contributed by atoms with E-state index in [1.165, 1.54) is 11.2 Å². The molecule has 0 aliphatic carbocycles. The second-order valence-electron chi connectivity index (χ2n) is 8.23. The number of amides is 2. The van der Waals surface area contributed by atoms with E-state index < -0.39 is 10.0 Å². The summed E-state index contributed by atoms with van der Waals surface area (Å²) in [4.78, 5) is 30.3. The zero-order valence-electron chi connectivity index (χ0n) is 17.5. The zero-order valence-corrected chi connectivity index (χ0v) is 18.3. The molecule has 32 heavy (non-hydrogen) atoms. The number of nitrogens with zero attached hydrogens (tertiary/aromatic N) is 4. The van der Waals surface area contributed by atoms with Crippen LogP contribution in [0.25, 0.3) is 5.65 Å². The van der Waals surface area contributed by atoms with Crippen LogP contribution in [0, 0.1) is 0 Å². The van der Waals surface area contributed by atoms with Crippen molar-refractivity contribution in [1.82, 2.24) is 23.9 Å². The van der Waals surface area contributed by atoms with Crippen molar-refractivity contribution in [3.05, 3.63) is 66.1 Å². The second-order valence-corrected chi connectivity index (χ2v) is 10.1. The number of fused-ring (bicyclic) bond motifs is 3. The van der Waals surface area contributed by atoms with Gasteiger partial charge in [0.15, 0.2) is 0 Å².